The molecule has 21 heavy (non-hydrogen) atoms. The molecule has 1 aliphatic carbocycles. The minimum atomic E-state index is -0.0227. The summed E-state index contributed by atoms with van der Waals surface area (Å²) in [6, 6.07) is 7.58. The first-order chi connectivity index (χ1) is 10.2. The number of amides is 1. The molecule has 1 amide bonds. The fraction of sp³-hybridized carbons (Fsp3) is 0.500. The van der Waals surface area contributed by atoms with Crippen LogP contribution in [0.25, 0.3) is 11.0 Å². The fourth-order valence-corrected chi connectivity index (χ4v) is 3.41. The van der Waals surface area contributed by atoms with Crippen LogP contribution in [0.4, 0.5) is 0 Å². The maximum absolute atomic E-state index is 12.1. The molecular formula is C16H19ClN2O2. The molecule has 0 aliphatic heterocycles. The Balaban J connectivity index is 1.61. The molecule has 3 rings (SSSR count). The number of carbonyl (C=O) groups is 1. The number of aromatic nitrogens is 1. The van der Waals surface area contributed by atoms with Crippen LogP contribution in [0, 0.1) is 5.41 Å². The number of nitrogens with zero attached hydrogens (tertiary/aromatic N) is 1. The molecule has 5 heteroatoms. The first-order valence-corrected chi connectivity index (χ1v) is 7.92. The lowest BCUT2D eigenvalue weighted by molar-refractivity contribution is -0.120. The highest BCUT2D eigenvalue weighted by molar-refractivity contribution is 6.18. The van der Waals surface area contributed by atoms with Crippen molar-refractivity contribution in [3.8, 4) is 0 Å². The van der Waals surface area contributed by atoms with Gasteiger partial charge < -0.3 is 9.84 Å². The molecule has 0 atom stereocenters. The smallest absolute Gasteiger partial charge is 0.226 e. The van der Waals surface area contributed by atoms with Crippen LogP contribution < -0.4 is 5.32 Å². The van der Waals surface area contributed by atoms with E-state index in [9.17, 15) is 4.79 Å². The zero-order valence-corrected chi connectivity index (χ0v) is 12.7. The average Bonchev–Trinajstić information content (AvgIpc) is 3.14. The molecule has 0 radical (unpaired) electrons. The molecule has 1 N–H and O–H groups in total. The third kappa shape index (κ3) is 3.05. The van der Waals surface area contributed by atoms with Crippen LogP contribution in [0.5, 0.6) is 0 Å². The maximum Gasteiger partial charge on any atom is 0.226 e. The Bertz CT molecular complexity index is 632. The van der Waals surface area contributed by atoms with Gasteiger partial charge in [-0.1, -0.05) is 30.1 Å². The van der Waals surface area contributed by atoms with Crippen LogP contribution in [0.15, 0.2) is 28.8 Å². The van der Waals surface area contributed by atoms with Gasteiger partial charge in [-0.3, -0.25) is 4.79 Å². The van der Waals surface area contributed by atoms with E-state index in [0.29, 0.717) is 23.7 Å². The van der Waals surface area contributed by atoms with E-state index < -0.39 is 0 Å². The van der Waals surface area contributed by atoms with Gasteiger partial charge in [-0.15, -0.1) is 11.6 Å². The number of nitrogens with one attached hydrogen (secondary N) is 1. The quantitative estimate of drug-likeness (QED) is 0.862. The molecule has 1 saturated carbocycles. The molecule has 0 unspecified atom stereocenters. The minimum Gasteiger partial charge on any atom is -0.356 e. The lowest BCUT2D eigenvalue weighted by Gasteiger charge is -2.26. The van der Waals surface area contributed by atoms with E-state index >= 15 is 0 Å². The lowest BCUT2D eigenvalue weighted by Crippen LogP contribution is -2.37. The normalized spacial score (nSPS) is 17.2. The van der Waals surface area contributed by atoms with Crippen molar-refractivity contribution in [1.82, 2.24) is 10.5 Å². The standard InChI is InChI=1S/C16H19ClN2O2/c17-10-16(7-3-4-8-16)11-18-15(20)9-13-12-5-1-2-6-14(12)21-19-13/h1-2,5-6H,3-4,7-11H2,(H,18,20). The summed E-state index contributed by atoms with van der Waals surface area (Å²) in [6.45, 7) is 0.658. The minimum absolute atomic E-state index is 0.0227. The fourth-order valence-electron chi connectivity index (χ4n) is 3.05. The van der Waals surface area contributed by atoms with Crippen molar-refractivity contribution in [1.29, 1.82) is 0 Å². The Hall–Kier alpha value is -1.55. The van der Waals surface area contributed by atoms with Gasteiger partial charge in [0.1, 0.15) is 5.69 Å². The Kier molecular flexibility index (Phi) is 4.15. The van der Waals surface area contributed by atoms with Gasteiger partial charge in [-0.2, -0.15) is 0 Å². The maximum atomic E-state index is 12.1. The number of fused-ring (bicyclic) bond motifs is 1. The number of para-hydroxylation sites is 1. The second-order valence-electron chi connectivity index (χ2n) is 5.92. The van der Waals surface area contributed by atoms with Gasteiger partial charge in [0.2, 0.25) is 5.91 Å². The Morgan fingerprint density at radius 2 is 2.10 bits per heavy atom. The van der Waals surface area contributed by atoms with E-state index in [2.05, 4.69) is 10.5 Å². The van der Waals surface area contributed by atoms with Crippen molar-refractivity contribution >= 4 is 28.5 Å². The summed E-state index contributed by atoms with van der Waals surface area (Å²) in [5, 5.41) is 7.91. The van der Waals surface area contributed by atoms with Crippen molar-refractivity contribution in [2.45, 2.75) is 32.1 Å². The molecule has 1 aromatic heterocycles. The third-order valence-electron chi connectivity index (χ3n) is 4.39. The van der Waals surface area contributed by atoms with Gasteiger partial charge >= 0.3 is 0 Å². The molecule has 0 saturated heterocycles. The van der Waals surface area contributed by atoms with Crippen LogP contribution in [-0.4, -0.2) is 23.5 Å². The number of alkyl halides is 1. The van der Waals surface area contributed by atoms with Gasteiger partial charge in [0.15, 0.2) is 5.58 Å². The molecule has 0 spiro atoms. The number of hydrogen-bond acceptors (Lipinski definition) is 3. The van der Waals surface area contributed by atoms with E-state index in [1.54, 1.807) is 0 Å². The Labute approximate surface area is 128 Å². The number of benzene rings is 1. The summed E-state index contributed by atoms with van der Waals surface area (Å²) >= 11 is 6.09. The van der Waals surface area contributed by atoms with E-state index in [1.807, 2.05) is 24.3 Å². The topological polar surface area (TPSA) is 55.1 Å². The van der Waals surface area contributed by atoms with Crippen LogP contribution in [0.1, 0.15) is 31.4 Å². The van der Waals surface area contributed by atoms with Crippen LogP contribution >= 0.6 is 11.6 Å². The first-order valence-electron chi connectivity index (χ1n) is 7.38. The van der Waals surface area contributed by atoms with Gasteiger partial charge in [0, 0.05) is 23.2 Å². The Morgan fingerprint density at radius 1 is 1.33 bits per heavy atom. The van der Waals surface area contributed by atoms with Crippen LogP contribution in [-0.2, 0) is 11.2 Å². The summed E-state index contributed by atoms with van der Waals surface area (Å²) < 4.78 is 5.22. The summed E-state index contributed by atoms with van der Waals surface area (Å²) in [5.74, 6) is 0.589. The average molecular weight is 307 g/mol. The summed E-state index contributed by atoms with van der Waals surface area (Å²) in [4.78, 5) is 12.1. The number of halogens is 1. The molecule has 1 aliphatic rings. The Morgan fingerprint density at radius 3 is 2.86 bits per heavy atom. The monoisotopic (exact) mass is 306 g/mol. The molecule has 1 aromatic carbocycles. The first kappa shape index (κ1) is 14.4. The zero-order chi connectivity index (χ0) is 14.7. The third-order valence-corrected chi connectivity index (χ3v) is 4.96. The van der Waals surface area contributed by atoms with Gasteiger partial charge in [0.05, 0.1) is 6.42 Å². The van der Waals surface area contributed by atoms with Gasteiger partial charge in [0.25, 0.3) is 0 Å². The predicted octanol–water partition coefficient (Wildman–Crippen LogP) is 3.29. The lowest BCUT2D eigenvalue weighted by atomic mass is 9.88. The molecule has 4 nitrogen and oxygen atoms in total. The van der Waals surface area contributed by atoms with Crippen LogP contribution in [0.2, 0.25) is 0 Å². The largest absolute Gasteiger partial charge is 0.356 e. The van der Waals surface area contributed by atoms with Gasteiger partial charge in [-0.25, -0.2) is 0 Å². The molecular weight excluding hydrogens is 288 g/mol. The van der Waals surface area contributed by atoms with Crippen molar-refractivity contribution < 1.29 is 9.32 Å². The highest BCUT2D eigenvalue weighted by Crippen LogP contribution is 2.38. The van der Waals surface area contributed by atoms with Crippen LogP contribution in [0.3, 0.4) is 0 Å². The van der Waals surface area contributed by atoms with E-state index in [0.717, 1.165) is 18.2 Å². The van der Waals surface area contributed by atoms with Crippen molar-refractivity contribution in [2.24, 2.45) is 5.41 Å². The zero-order valence-electron chi connectivity index (χ0n) is 11.9. The summed E-state index contributed by atoms with van der Waals surface area (Å²) in [5.41, 5.74) is 1.49. The van der Waals surface area contributed by atoms with E-state index in [4.69, 9.17) is 16.1 Å². The summed E-state index contributed by atoms with van der Waals surface area (Å²) in [7, 11) is 0. The van der Waals surface area contributed by atoms with E-state index in [-0.39, 0.29) is 17.7 Å². The van der Waals surface area contributed by atoms with Crippen molar-refractivity contribution in [3.63, 3.8) is 0 Å². The second-order valence-corrected chi connectivity index (χ2v) is 6.19. The molecule has 1 fully saturated rings. The predicted molar refractivity (Wildman–Crippen MR) is 82.3 cm³/mol. The molecule has 0 bridgehead atoms. The number of rotatable bonds is 5. The van der Waals surface area contributed by atoms with Crippen molar-refractivity contribution in [3.05, 3.63) is 30.0 Å². The number of carbonyl (C=O) groups excluding carboxylic acids is 1. The number of hydrogen-bond donors (Lipinski definition) is 1. The molecule has 112 valence electrons. The second kappa shape index (κ2) is 6.06. The molecule has 1 heterocycles. The van der Waals surface area contributed by atoms with E-state index in [1.165, 1.54) is 12.8 Å². The highest BCUT2D eigenvalue weighted by Gasteiger charge is 2.33. The molecule has 2 aromatic rings. The highest BCUT2D eigenvalue weighted by atomic mass is 35.5. The van der Waals surface area contributed by atoms with Crippen molar-refractivity contribution in [2.75, 3.05) is 12.4 Å². The summed E-state index contributed by atoms with van der Waals surface area (Å²) in [6.07, 6.45) is 4.86. The van der Waals surface area contributed by atoms with Gasteiger partial charge in [-0.05, 0) is 25.0 Å². The SMILES string of the molecule is O=C(Cc1noc2ccccc12)NCC1(CCl)CCCC1.